The van der Waals surface area contributed by atoms with Gasteiger partial charge in [-0.2, -0.15) is 5.10 Å². The molecule has 1 atom stereocenters. The molecule has 1 aliphatic rings. The molecule has 7 heteroatoms. The zero-order valence-electron chi connectivity index (χ0n) is 12.3. The molecule has 0 radical (unpaired) electrons. The van der Waals surface area contributed by atoms with E-state index in [1.807, 2.05) is 7.05 Å². The van der Waals surface area contributed by atoms with Gasteiger partial charge in [0.1, 0.15) is 5.82 Å². The summed E-state index contributed by atoms with van der Waals surface area (Å²) < 4.78 is 42.8. The van der Waals surface area contributed by atoms with Crippen LogP contribution in [0.4, 0.5) is 4.39 Å². The second-order valence-electron chi connectivity index (χ2n) is 5.58. The first-order valence-corrected chi connectivity index (χ1v) is 8.86. The van der Waals surface area contributed by atoms with E-state index in [4.69, 9.17) is 0 Å². The Kier molecular flexibility index (Phi) is 4.01. The van der Waals surface area contributed by atoms with E-state index < -0.39 is 15.8 Å². The summed E-state index contributed by atoms with van der Waals surface area (Å²) in [6.45, 7) is 0. The quantitative estimate of drug-likeness (QED) is 0.937. The minimum atomic E-state index is -3.62. The molecule has 0 bridgehead atoms. The van der Waals surface area contributed by atoms with E-state index in [9.17, 15) is 12.8 Å². The van der Waals surface area contributed by atoms with Crippen LogP contribution >= 0.6 is 0 Å². The van der Waals surface area contributed by atoms with Gasteiger partial charge in [-0.1, -0.05) is 18.2 Å². The molecule has 0 fully saturated rings. The largest absolute Gasteiger partial charge is 0.272 e. The molecule has 5 nitrogen and oxygen atoms in total. The fraction of sp³-hybridized carbons (Fsp3) is 0.400. The summed E-state index contributed by atoms with van der Waals surface area (Å²) in [7, 11) is -1.76. The number of aryl methyl sites for hydroxylation is 1. The van der Waals surface area contributed by atoms with Crippen LogP contribution in [0.5, 0.6) is 0 Å². The molecular formula is C15H18FN3O2S. The van der Waals surface area contributed by atoms with Crippen molar-refractivity contribution in [3.63, 3.8) is 0 Å². The van der Waals surface area contributed by atoms with Crippen LogP contribution in [0.3, 0.4) is 0 Å². The third kappa shape index (κ3) is 3.05. The minimum absolute atomic E-state index is 0.178. The topological polar surface area (TPSA) is 64.0 Å². The lowest BCUT2D eigenvalue weighted by atomic mass is 9.94. The van der Waals surface area contributed by atoms with E-state index >= 15 is 0 Å². The minimum Gasteiger partial charge on any atom is -0.272 e. The molecule has 1 N–H and O–H groups in total. The summed E-state index contributed by atoms with van der Waals surface area (Å²) in [6, 6.07) is 5.65. The van der Waals surface area contributed by atoms with Gasteiger partial charge in [0.05, 0.1) is 18.0 Å². The van der Waals surface area contributed by atoms with Crippen LogP contribution in [0.25, 0.3) is 0 Å². The fourth-order valence-electron chi connectivity index (χ4n) is 2.91. The van der Waals surface area contributed by atoms with Gasteiger partial charge in [-0.15, -0.1) is 0 Å². The van der Waals surface area contributed by atoms with Gasteiger partial charge >= 0.3 is 0 Å². The molecule has 2 aromatic rings. The van der Waals surface area contributed by atoms with Gasteiger partial charge in [0.15, 0.2) is 0 Å². The molecule has 1 heterocycles. The zero-order valence-corrected chi connectivity index (χ0v) is 13.1. The summed E-state index contributed by atoms with van der Waals surface area (Å²) in [5, 5.41) is 4.20. The Bertz CT molecular complexity index is 786. The summed E-state index contributed by atoms with van der Waals surface area (Å²) >= 11 is 0. The molecular weight excluding hydrogens is 305 g/mol. The highest BCUT2D eigenvalue weighted by atomic mass is 32.2. The van der Waals surface area contributed by atoms with E-state index in [2.05, 4.69) is 9.82 Å². The molecule has 118 valence electrons. The summed E-state index contributed by atoms with van der Waals surface area (Å²) in [5.74, 6) is -0.857. The Hall–Kier alpha value is -1.73. The Balaban J connectivity index is 1.80. The maximum atomic E-state index is 13.6. The highest BCUT2D eigenvalue weighted by Gasteiger charge is 2.27. The number of fused-ring (bicyclic) bond motifs is 1. The van der Waals surface area contributed by atoms with Gasteiger partial charge in [0.25, 0.3) is 0 Å². The van der Waals surface area contributed by atoms with Crippen molar-refractivity contribution in [3.05, 3.63) is 53.1 Å². The predicted molar refractivity (Wildman–Crippen MR) is 81.0 cm³/mol. The van der Waals surface area contributed by atoms with Gasteiger partial charge in [-0.3, -0.25) is 4.68 Å². The molecule has 22 heavy (non-hydrogen) atoms. The molecule has 0 saturated heterocycles. The van der Waals surface area contributed by atoms with Crippen molar-refractivity contribution in [1.29, 1.82) is 0 Å². The van der Waals surface area contributed by atoms with Crippen molar-refractivity contribution in [2.75, 3.05) is 0 Å². The molecule has 1 aliphatic carbocycles. The number of hydrogen-bond acceptors (Lipinski definition) is 3. The smallest absolute Gasteiger partial charge is 0.216 e. The number of benzene rings is 1. The van der Waals surface area contributed by atoms with Crippen molar-refractivity contribution in [1.82, 2.24) is 14.5 Å². The average Bonchev–Trinajstić information content (AvgIpc) is 2.84. The molecule has 1 aromatic heterocycles. The van der Waals surface area contributed by atoms with Gasteiger partial charge in [0.2, 0.25) is 10.0 Å². The highest BCUT2D eigenvalue weighted by Crippen LogP contribution is 2.30. The zero-order chi connectivity index (χ0) is 15.7. The Morgan fingerprint density at radius 2 is 2.18 bits per heavy atom. The van der Waals surface area contributed by atoms with Crippen LogP contribution in [-0.4, -0.2) is 18.2 Å². The molecule has 1 aromatic carbocycles. The number of aromatic nitrogens is 2. The number of nitrogens with one attached hydrogen (secondary N) is 1. The third-order valence-corrected chi connectivity index (χ3v) is 5.34. The van der Waals surface area contributed by atoms with Crippen molar-refractivity contribution < 1.29 is 12.8 Å². The van der Waals surface area contributed by atoms with E-state index in [1.54, 1.807) is 23.0 Å². The van der Waals surface area contributed by atoms with Crippen LogP contribution in [0, 0.1) is 5.82 Å². The third-order valence-electron chi connectivity index (χ3n) is 4.00. The number of halogens is 1. The first kappa shape index (κ1) is 15.2. The summed E-state index contributed by atoms with van der Waals surface area (Å²) in [6.07, 6.45) is 4.25. The van der Waals surface area contributed by atoms with Gasteiger partial charge in [0, 0.05) is 23.9 Å². The maximum absolute atomic E-state index is 13.6. The van der Waals surface area contributed by atoms with Gasteiger partial charge in [-0.25, -0.2) is 17.5 Å². The van der Waals surface area contributed by atoms with E-state index in [-0.39, 0.29) is 17.4 Å². The van der Waals surface area contributed by atoms with Gasteiger partial charge in [-0.05, 0) is 25.3 Å². The Morgan fingerprint density at radius 3 is 2.95 bits per heavy atom. The van der Waals surface area contributed by atoms with Crippen molar-refractivity contribution >= 4 is 10.0 Å². The summed E-state index contributed by atoms with van der Waals surface area (Å²) in [4.78, 5) is 0. The average molecular weight is 323 g/mol. The fourth-order valence-corrected chi connectivity index (χ4v) is 4.31. The maximum Gasteiger partial charge on any atom is 0.216 e. The summed E-state index contributed by atoms with van der Waals surface area (Å²) in [5.41, 5.74) is 2.16. The number of sulfonamides is 1. The molecule has 0 amide bonds. The lowest BCUT2D eigenvalue weighted by molar-refractivity contribution is 0.497. The molecule has 0 saturated carbocycles. The second kappa shape index (κ2) is 5.81. The number of nitrogens with zero attached hydrogens (tertiary/aromatic N) is 2. The van der Waals surface area contributed by atoms with Gasteiger partial charge < -0.3 is 0 Å². The molecule has 0 aliphatic heterocycles. The van der Waals surface area contributed by atoms with Crippen LogP contribution < -0.4 is 4.72 Å². The van der Waals surface area contributed by atoms with Crippen molar-refractivity contribution in [2.45, 2.75) is 31.1 Å². The lowest BCUT2D eigenvalue weighted by Crippen LogP contribution is -2.32. The Labute approximate surface area is 129 Å². The normalized spacial score (nSPS) is 18.2. The SMILES string of the molecule is Cn1ncc2c1CCC[C@@H]2NS(=O)(=O)Cc1ccccc1F. The van der Waals surface area contributed by atoms with Crippen molar-refractivity contribution in [3.8, 4) is 0 Å². The second-order valence-corrected chi connectivity index (χ2v) is 7.34. The van der Waals surface area contributed by atoms with E-state index in [0.29, 0.717) is 0 Å². The Morgan fingerprint density at radius 1 is 1.41 bits per heavy atom. The predicted octanol–water partition coefficient (Wildman–Crippen LogP) is 2.06. The van der Waals surface area contributed by atoms with Crippen LogP contribution in [-0.2, 0) is 29.2 Å². The van der Waals surface area contributed by atoms with Crippen molar-refractivity contribution in [2.24, 2.45) is 7.05 Å². The van der Waals surface area contributed by atoms with E-state index in [0.717, 1.165) is 30.5 Å². The first-order chi connectivity index (χ1) is 10.5. The highest BCUT2D eigenvalue weighted by molar-refractivity contribution is 7.88. The first-order valence-electron chi connectivity index (χ1n) is 7.20. The molecule has 0 spiro atoms. The lowest BCUT2D eigenvalue weighted by Gasteiger charge is -2.23. The molecule has 3 rings (SSSR count). The number of rotatable bonds is 4. The monoisotopic (exact) mass is 323 g/mol. The molecule has 0 unspecified atom stereocenters. The van der Waals surface area contributed by atoms with Crippen LogP contribution in [0.2, 0.25) is 0 Å². The van der Waals surface area contributed by atoms with Crippen LogP contribution in [0.1, 0.15) is 35.7 Å². The number of hydrogen-bond donors (Lipinski definition) is 1. The standard InChI is InChI=1S/C15H18FN3O2S/c1-19-15-8-4-7-14(12(15)9-17-19)18-22(20,21)10-11-5-2-3-6-13(11)16/h2-3,5-6,9,14,18H,4,7-8,10H2,1H3/t14-/m0/s1. The van der Waals surface area contributed by atoms with E-state index in [1.165, 1.54) is 12.1 Å². The van der Waals surface area contributed by atoms with Crippen LogP contribution in [0.15, 0.2) is 30.5 Å².